The Hall–Kier alpha value is -2.59. The van der Waals surface area contributed by atoms with E-state index in [4.69, 9.17) is 4.74 Å². The second-order valence-electron chi connectivity index (χ2n) is 6.56. The van der Waals surface area contributed by atoms with Gasteiger partial charge in [-0.1, -0.05) is 31.0 Å². The number of para-hydroxylation sites is 1. The zero-order valence-electron chi connectivity index (χ0n) is 14.5. The lowest BCUT2D eigenvalue weighted by molar-refractivity contribution is 0.0942. The average Bonchev–Trinajstić information content (AvgIpc) is 3.35. The van der Waals surface area contributed by atoms with E-state index >= 15 is 0 Å². The van der Waals surface area contributed by atoms with Crippen LogP contribution in [0.1, 0.15) is 35.4 Å². The number of hydrogen-bond acceptors (Lipinski definition) is 3. The Morgan fingerprint density at radius 3 is 2.31 bits per heavy atom. The van der Waals surface area contributed by atoms with Crippen molar-refractivity contribution in [3.8, 4) is 21.9 Å². The van der Waals surface area contributed by atoms with Crippen LogP contribution in [-0.2, 0) is 0 Å². The van der Waals surface area contributed by atoms with Crippen LogP contribution in [0.2, 0.25) is 0 Å². The molecule has 0 saturated heterocycles. The number of rotatable bonds is 5. The van der Waals surface area contributed by atoms with Crippen molar-refractivity contribution in [2.75, 3.05) is 0 Å². The van der Waals surface area contributed by atoms with Crippen LogP contribution in [-0.4, -0.2) is 11.9 Å². The molecule has 1 N–H and O–H groups in total. The lowest BCUT2D eigenvalue weighted by atomic mass is 10.2. The van der Waals surface area contributed by atoms with Gasteiger partial charge in [-0.3, -0.25) is 4.79 Å². The molecule has 0 unspecified atom stereocenters. The van der Waals surface area contributed by atoms with E-state index in [1.165, 1.54) is 24.2 Å². The second-order valence-corrected chi connectivity index (χ2v) is 7.64. The molecule has 4 rings (SSSR count). The lowest BCUT2D eigenvalue weighted by Crippen LogP contribution is -2.31. The van der Waals surface area contributed by atoms with E-state index in [1.807, 2.05) is 66.7 Å². The molecule has 1 fully saturated rings. The summed E-state index contributed by atoms with van der Waals surface area (Å²) in [6.45, 7) is 0. The molecule has 26 heavy (non-hydrogen) atoms. The average molecular weight is 363 g/mol. The van der Waals surface area contributed by atoms with E-state index in [9.17, 15) is 4.79 Å². The number of carbonyl (C=O) groups is 1. The zero-order chi connectivity index (χ0) is 17.8. The van der Waals surface area contributed by atoms with Gasteiger partial charge >= 0.3 is 0 Å². The summed E-state index contributed by atoms with van der Waals surface area (Å²) in [5.74, 6) is 1.68. The van der Waals surface area contributed by atoms with Gasteiger partial charge in [0.05, 0.1) is 4.88 Å². The number of thiophene rings is 1. The van der Waals surface area contributed by atoms with Crippen molar-refractivity contribution >= 4 is 17.2 Å². The van der Waals surface area contributed by atoms with Gasteiger partial charge in [-0.15, -0.1) is 11.3 Å². The first-order valence-corrected chi connectivity index (χ1v) is 9.84. The van der Waals surface area contributed by atoms with E-state index in [0.29, 0.717) is 6.04 Å². The molecule has 1 aliphatic carbocycles. The van der Waals surface area contributed by atoms with Crippen molar-refractivity contribution in [2.24, 2.45) is 0 Å². The highest BCUT2D eigenvalue weighted by Gasteiger charge is 2.19. The predicted octanol–water partition coefficient (Wildman–Crippen LogP) is 5.88. The molecular weight excluding hydrogens is 342 g/mol. The van der Waals surface area contributed by atoms with Crippen LogP contribution in [0.15, 0.2) is 66.7 Å². The Morgan fingerprint density at radius 2 is 1.58 bits per heavy atom. The molecule has 1 saturated carbocycles. The summed E-state index contributed by atoms with van der Waals surface area (Å²) in [6.07, 6.45) is 4.65. The van der Waals surface area contributed by atoms with Crippen LogP contribution in [0, 0.1) is 0 Å². The van der Waals surface area contributed by atoms with Crippen molar-refractivity contribution in [3.05, 3.63) is 71.6 Å². The Morgan fingerprint density at radius 1 is 0.885 bits per heavy atom. The van der Waals surface area contributed by atoms with Gasteiger partial charge in [-0.2, -0.15) is 0 Å². The van der Waals surface area contributed by atoms with Gasteiger partial charge in [0.25, 0.3) is 5.91 Å². The summed E-state index contributed by atoms with van der Waals surface area (Å²) in [5.41, 5.74) is 1.09. The number of benzene rings is 2. The number of amides is 1. The normalized spacial score (nSPS) is 14.3. The third-order valence-electron chi connectivity index (χ3n) is 4.64. The Balaban J connectivity index is 1.43. The maximum absolute atomic E-state index is 12.4. The summed E-state index contributed by atoms with van der Waals surface area (Å²) in [7, 11) is 0. The molecule has 1 amide bonds. The minimum Gasteiger partial charge on any atom is -0.457 e. The number of hydrogen-bond donors (Lipinski definition) is 1. The number of ether oxygens (including phenoxy) is 1. The van der Waals surface area contributed by atoms with Crippen molar-refractivity contribution in [1.82, 2.24) is 5.32 Å². The summed E-state index contributed by atoms with van der Waals surface area (Å²) in [4.78, 5) is 14.2. The molecule has 4 heteroatoms. The van der Waals surface area contributed by atoms with Crippen LogP contribution < -0.4 is 10.1 Å². The number of carbonyl (C=O) groups excluding carboxylic acids is 1. The van der Waals surface area contributed by atoms with Crippen molar-refractivity contribution in [2.45, 2.75) is 31.7 Å². The fourth-order valence-corrected chi connectivity index (χ4v) is 4.17. The molecule has 0 radical (unpaired) electrons. The van der Waals surface area contributed by atoms with Gasteiger partial charge in [-0.25, -0.2) is 0 Å². The van der Waals surface area contributed by atoms with Gasteiger partial charge in [0.15, 0.2) is 0 Å². The van der Waals surface area contributed by atoms with Gasteiger partial charge in [0, 0.05) is 10.9 Å². The van der Waals surface area contributed by atoms with E-state index in [-0.39, 0.29) is 5.91 Å². The fraction of sp³-hybridized carbons (Fsp3) is 0.227. The summed E-state index contributed by atoms with van der Waals surface area (Å²) >= 11 is 1.53. The highest BCUT2D eigenvalue weighted by Crippen LogP contribution is 2.31. The molecule has 1 aliphatic rings. The first-order chi connectivity index (χ1) is 12.8. The van der Waals surface area contributed by atoms with Gasteiger partial charge < -0.3 is 10.1 Å². The molecule has 2 aromatic carbocycles. The van der Waals surface area contributed by atoms with Crippen molar-refractivity contribution in [1.29, 1.82) is 0 Å². The maximum Gasteiger partial charge on any atom is 0.261 e. The van der Waals surface area contributed by atoms with E-state index in [2.05, 4.69) is 5.32 Å². The molecule has 132 valence electrons. The zero-order valence-corrected chi connectivity index (χ0v) is 15.3. The Bertz CT molecular complexity index is 865. The molecule has 3 aromatic rings. The molecular formula is C22H21NO2S. The van der Waals surface area contributed by atoms with Crippen LogP contribution >= 0.6 is 11.3 Å². The Labute approximate surface area is 157 Å². The first-order valence-electron chi connectivity index (χ1n) is 9.02. The molecule has 3 nitrogen and oxygen atoms in total. The minimum atomic E-state index is 0.0529. The van der Waals surface area contributed by atoms with Crippen LogP contribution in [0.3, 0.4) is 0 Å². The molecule has 0 atom stereocenters. The molecule has 1 heterocycles. The summed E-state index contributed by atoms with van der Waals surface area (Å²) < 4.78 is 5.83. The SMILES string of the molecule is O=C(NC1CCCC1)c1ccc(-c2ccc(Oc3ccccc3)cc2)s1. The van der Waals surface area contributed by atoms with Gasteiger partial charge in [0.1, 0.15) is 11.5 Å². The topological polar surface area (TPSA) is 38.3 Å². The highest BCUT2D eigenvalue weighted by atomic mass is 32.1. The van der Waals surface area contributed by atoms with E-state index in [1.54, 1.807) is 0 Å². The largest absolute Gasteiger partial charge is 0.457 e. The van der Waals surface area contributed by atoms with Crippen molar-refractivity contribution < 1.29 is 9.53 Å². The van der Waals surface area contributed by atoms with Gasteiger partial charge in [-0.05, 0) is 66.9 Å². The van der Waals surface area contributed by atoms with Crippen LogP contribution in [0.5, 0.6) is 11.5 Å². The molecule has 0 bridgehead atoms. The first kappa shape index (κ1) is 16.9. The third kappa shape index (κ3) is 3.97. The summed E-state index contributed by atoms with van der Waals surface area (Å²) in [5, 5.41) is 3.15. The third-order valence-corrected chi connectivity index (χ3v) is 5.77. The van der Waals surface area contributed by atoms with Crippen LogP contribution in [0.4, 0.5) is 0 Å². The molecule has 0 aliphatic heterocycles. The molecule has 1 aromatic heterocycles. The monoisotopic (exact) mass is 363 g/mol. The van der Waals surface area contributed by atoms with Gasteiger partial charge in [0.2, 0.25) is 0 Å². The smallest absolute Gasteiger partial charge is 0.261 e. The number of nitrogens with one attached hydrogen (secondary N) is 1. The standard InChI is InChI=1S/C22H21NO2S/c24-22(23-17-6-4-5-7-17)21-15-14-20(26-21)16-10-12-19(13-11-16)25-18-8-2-1-3-9-18/h1-3,8-15,17H,4-7H2,(H,23,24). The van der Waals surface area contributed by atoms with Crippen LogP contribution in [0.25, 0.3) is 10.4 Å². The van der Waals surface area contributed by atoms with E-state index < -0.39 is 0 Å². The fourth-order valence-electron chi connectivity index (χ4n) is 3.25. The summed E-state index contributed by atoms with van der Waals surface area (Å²) in [6, 6.07) is 22.0. The maximum atomic E-state index is 12.4. The predicted molar refractivity (Wildman–Crippen MR) is 106 cm³/mol. The Kier molecular flexibility index (Phi) is 5.02. The second kappa shape index (κ2) is 7.75. The lowest BCUT2D eigenvalue weighted by Gasteiger charge is -2.10. The van der Waals surface area contributed by atoms with Crippen molar-refractivity contribution in [3.63, 3.8) is 0 Å². The molecule has 0 spiro atoms. The quantitative estimate of drug-likeness (QED) is 0.615. The minimum absolute atomic E-state index is 0.0529. The highest BCUT2D eigenvalue weighted by molar-refractivity contribution is 7.17. The van der Waals surface area contributed by atoms with E-state index in [0.717, 1.165) is 39.7 Å².